The predicted octanol–water partition coefficient (Wildman–Crippen LogP) is 2.28. The number of fused-ring (bicyclic) bond motifs is 3. The van der Waals surface area contributed by atoms with E-state index in [9.17, 15) is 44.4 Å². The number of hydrogen-bond donors (Lipinski definition) is 5. The van der Waals surface area contributed by atoms with Gasteiger partial charge in [0, 0.05) is 39.2 Å². The van der Waals surface area contributed by atoms with E-state index in [1.165, 1.54) is 20.8 Å². The van der Waals surface area contributed by atoms with E-state index in [1.54, 1.807) is 34.6 Å². The lowest BCUT2D eigenvalue weighted by Gasteiger charge is -2.64. The molecule has 2 saturated carbocycles. The summed E-state index contributed by atoms with van der Waals surface area (Å²) in [4.78, 5) is 66.2. The van der Waals surface area contributed by atoms with Crippen molar-refractivity contribution in [3.05, 3.63) is 11.1 Å². The largest absolute Gasteiger partial charge is 0.456 e. The van der Waals surface area contributed by atoms with Crippen LogP contribution >= 0.6 is 0 Å². The normalized spacial score (nSPS) is 32.7. The molecule has 1 aliphatic heterocycles. The number of Topliss-reactive ketones (excluding diaryl/α,β-unsaturated/α-hetero) is 1. The van der Waals surface area contributed by atoms with Gasteiger partial charge in [0.1, 0.15) is 17.8 Å². The zero-order valence-corrected chi connectivity index (χ0v) is 32.3. The molecule has 10 atom stereocenters. The minimum absolute atomic E-state index is 0.0702. The van der Waals surface area contributed by atoms with E-state index in [-0.39, 0.29) is 49.4 Å². The van der Waals surface area contributed by atoms with Crippen molar-refractivity contribution in [1.82, 2.24) is 5.32 Å². The van der Waals surface area contributed by atoms with E-state index in [1.807, 2.05) is 13.8 Å². The van der Waals surface area contributed by atoms with Crippen LogP contribution in [0.1, 0.15) is 102 Å². The van der Waals surface area contributed by atoms with E-state index in [0.29, 0.717) is 0 Å². The number of aliphatic hydroxyl groups is 4. The molecule has 1 saturated heterocycles. The Morgan fingerprint density at radius 3 is 2.13 bits per heavy atom. The van der Waals surface area contributed by atoms with Crippen LogP contribution < -0.4 is 5.32 Å². The summed E-state index contributed by atoms with van der Waals surface area (Å²) in [5.41, 5.74) is -4.92. The molecule has 3 aliphatic rings. The third kappa shape index (κ3) is 8.98. The molecule has 2 aliphatic carbocycles. The quantitative estimate of drug-likeness (QED) is 0.116. The zero-order chi connectivity index (χ0) is 39.7. The lowest BCUT2D eigenvalue weighted by molar-refractivity contribution is -0.331. The van der Waals surface area contributed by atoms with Crippen molar-refractivity contribution in [3.8, 4) is 0 Å². The Kier molecular flexibility index (Phi) is 13.4. The topological polar surface area (TPSA) is 224 Å². The Labute approximate surface area is 305 Å². The highest BCUT2D eigenvalue weighted by atomic mass is 16.6. The number of ether oxygens (including phenoxy) is 5. The molecule has 0 aromatic heterocycles. The smallest absolute Gasteiger partial charge is 0.407 e. The third-order valence-corrected chi connectivity index (χ3v) is 10.4. The second-order valence-electron chi connectivity index (χ2n) is 16.7. The van der Waals surface area contributed by atoms with E-state index in [2.05, 4.69) is 5.32 Å². The molecule has 5 N–H and O–H groups in total. The highest BCUT2D eigenvalue weighted by molar-refractivity contribution is 5.94. The number of ketones is 1. The van der Waals surface area contributed by atoms with Crippen LogP contribution in [-0.2, 0) is 42.9 Å². The second kappa shape index (κ2) is 16.1. The Morgan fingerprint density at radius 2 is 1.65 bits per heavy atom. The number of esters is 3. The number of hydrogen-bond acceptors (Lipinski definition) is 14. The first-order valence-corrected chi connectivity index (χ1v) is 17.9. The summed E-state index contributed by atoms with van der Waals surface area (Å²) < 4.78 is 28.4. The summed E-state index contributed by atoms with van der Waals surface area (Å²) in [6.45, 7) is 16.8. The molecule has 52 heavy (non-hydrogen) atoms. The number of nitrogens with one attached hydrogen (secondary N) is 1. The molecule has 3 fully saturated rings. The van der Waals surface area contributed by atoms with Crippen molar-refractivity contribution in [1.29, 1.82) is 0 Å². The van der Waals surface area contributed by atoms with E-state index in [4.69, 9.17) is 23.7 Å². The molecular weight excluding hydrogens is 682 g/mol. The van der Waals surface area contributed by atoms with Crippen LogP contribution in [0, 0.1) is 22.7 Å². The molecule has 15 nitrogen and oxygen atoms in total. The summed E-state index contributed by atoms with van der Waals surface area (Å²) in [7, 11) is 0. The van der Waals surface area contributed by atoms with Crippen LogP contribution in [-0.4, -0.2) is 117 Å². The minimum Gasteiger partial charge on any atom is -0.456 e. The average molecular weight is 742 g/mol. The molecule has 1 amide bonds. The van der Waals surface area contributed by atoms with Gasteiger partial charge in [0.15, 0.2) is 23.6 Å². The summed E-state index contributed by atoms with van der Waals surface area (Å²) in [6.07, 6.45) is -9.43. The van der Waals surface area contributed by atoms with E-state index in [0.717, 1.165) is 6.92 Å². The molecule has 15 heteroatoms. The standard InChI is InChI=1S/C37H59NO14/c1-18(2)14-22(38-33(47)52-34(6,7)8)28(44)32(46)50-24(12-13-39)19(3)27-29(49-20(4)40)31(45)36(11)25(43)15-26-37(17-48-26,51-21(5)41)30(36)23(42)16-35(27,9)10/h18,22-26,28-30,39,42-44H,12-17H2,1-11H3,(H,38,47)/b27-19-/t22?,23-,24+,25?,26?,28-,29+,30+,36?,37+/m1/s1. The first kappa shape index (κ1) is 43.3. The van der Waals surface area contributed by atoms with Gasteiger partial charge < -0.3 is 49.4 Å². The zero-order valence-electron chi connectivity index (χ0n) is 32.3. The first-order valence-electron chi connectivity index (χ1n) is 17.9. The maximum Gasteiger partial charge on any atom is 0.407 e. The van der Waals surface area contributed by atoms with E-state index < -0.39 is 107 Å². The lowest BCUT2D eigenvalue weighted by atomic mass is 9.49. The lowest BCUT2D eigenvalue weighted by Crippen LogP contribution is -2.78. The van der Waals surface area contributed by atoms with E-state index >= 15 is 0 Å². The van der Waals surface area contributed by atoms with Crippen molar-refractivity contribution < 1.29 is 68.1 Å². The van der Waals surface area contributed by atoms with Crippen LogP contribution in [0.2, 0.25) is 0 Å². The Morgan fingerprint density at radius 1 is 1.04 bits per heavy atom. The molecular formula is C37H59NO14. The van der Waals surface area contributed by atoms with Gasteiger partial charge in [-0.2, -0.15) is 0 Å². The van der Waals surface area contributed by atoms with Gasteiger partial charge in [-0.05, 0) is 69.9 Å². The molecule has 0 aromatic carbocycles. The molecule has 296 valence electrons. The van der Waals surface area contributed by atoms with Gasteiger partial charge in [0.25, 0.3) is 0 Å². The van der Waals surface area contributed by atoms with Crippen LogP contribution in [0.15, 0.2) is 11.1 Å². The van der Waals surface area contributed by atoms with Crippen molar-refractivity contribution in [3.63, 3.8) is 0 Å². The van der Waals surface area contributed by atoms with Crippen molar-refractivity contribution in [2.45, 2.75) is 156 Å². The Hall–Kier alpha value is -3.11. The molecule has 0 bridgehead atoms. The number of amides is 1. The number of carbonyl (C=O) groups is 5. The van der Waals surface area contributed by atoms with Crippen LogP contribution in [0.25, 0.3) is 0 Å². The molecule has 0 radical (unpaired) electrons. The van der Waals surface area contributed by atoms with Crippen LogP contribution in [0.4, 0.5) is 4.79 Å². The van der Waals surface area contributed by atoms with Crippen LogP contribution in [0.5, 0.6) is 0 Å². The van der Waals surface area contributed by atoms with Gasteiger partial charge in [0.05, 0.1) is 30.3 Å². The fraction of sp³-hybridized carbons (Fsp3) is 0.811. The molecule has 1 heterocycles. The van der Waals surface area contributed by atoms with Gasteiger partial charge in [-0.15, -0.1) is 0 Å². The maximum atomic E-state index is 14.9. The number of aliphatic hydroxyl groups excluding tert-OH is 4. The number of alkyl carbamates (subject to hydrolysis) is 1. The monoisotopic (exact) mass is 741 g/mol. The fourth-order valence-corrected chi connectivity index (χ4v) is 8.35. The summed E-state index contributed by atoms with van der Waals surface area (Å²) in [5, 5.41) is 47.4. The molecule has 3 rings (SSSR count). The Bertz CT molecular complexity index is 1400. The molecule has 0 spiro atoms. The summed E-state index contributed by atoms with van der Waals surface area (Å²) >= 11 is 0. The average Bonchev–Trinajstić information content (AvgIpc) is 2.97. The highest BCUT2D eigenvalue weighted by Crippen LogP contribution is 2.59. The SMILES string of the molecule is CC(=O)O[C@@H]1C(=O)C2(C)C(O)CC3OC[C@@]3(OC(C)=O)[C@H]2[C@H](O)CC(C)(C)/C1=C(/C)[C@H](CCO)OC(=O)[C@H](O)C(CC(C)C)NC(=O)OC(C)(C)C. The molecule has 4 unspecified atom stereocenters. The third-order valence-electron chi connectivity index (χ3n) is 10.4. The second-order valence-corrected chi connectivity index (χ2v) is 16.7. The van der Waals surface area contributed by atoms with Gasteiger partial charge in [-0.25, -0.2) is 9.59 Å². The van der Waals surface area contributed by atoms with Crippen molar-refractivity contribution >= 4 is 29.8 Å². The summed E-state index contributed by atoms with van der Waals surface area (Å²) in [5.74, 6) is -4.62. The van der Waals surface area contributed by atoms with Gasteiger partial charge >= 0.3 is 24.0 Å². The van der Waals surface area contributed by atoms with Crippen molar-refractivity contribution in [2.24, 2.45) is 22.7 Å². The van der Waals surface area contributed by atoms with Gasteiger partial charge in [-0.3, -0.25) is 14.4 Å². The first-order chi connectivity index (χ1) is 23.8. The summed E-state index contributed by atoms with van der Waals surface area (Å²) in [6, 6.07) is -1.11. The maximum absolute atomic E-state index is 14.9. The minimum atomic E-state index is -1.86. The van der Waals surface area contributed by atoms with Crippen molar-refractivity contribution in [2.75, 3.05) is 13.2 Å². The fourth-order valence-electron chi connectivity index (χ4n) is 8.35. The van der Waals surface area contributed by atoms with Gasteiger partial charge in [-0.1, -0.05) is 27.7 Å². The predicted molar refractivity (Wildman–Crippen MR) is 184 cm³/mol. The number of carbonyl (C=O) groups excluding carboxylic acids is 5. The van der Waals surface area contributed by atoms with Crippen LogP contribution in [0.3, 0.4) is 0 Å². The van der Waals surface area contributed by atoms with Gasteiger partial charge in [0.2, 0.25) is 0 Å². The Balaban J connectivity index is 2.13. The highest BCUT2D eigenvalue weighted by Gasteiger charge is 2.73. The molecule has 0 aromatic rings. The number of rotatable bonds is 11.